The van der Waals surface area contributed by atoms with Crippen LogP contribution < -0.4 is 20.5 Å². The van der Waals surface area contributed by atoms with Crippen molar-refractivity contribution in [2.24, 2.45) is 0 Å². The molecule has 1 amide bonds. The van der Waals surface area contributed by atoms with Crippen LogP contribution in [0.2, 0.25) is 0 Å². The number of rotatable bonds is 8. The van der Waals surface area contributed by atoms with Gasteiger partial charge in [0.05, 0.1) is 26.9 Å². The molecule has 15 heteroatoms. The van der Waals surface area contributed by atoms with Crippen LogP contribution in [0.1, 0.15) is 42.3 Å². The van der Waals surface area contributed by atoms with Crippen molar-refractivity contribution in [3.63, 3.8) is 0 Å². The number of hydrogen-bond donors (Lipinski definition) is 4. The van der Waals surface area contributed by atoms with E-state index in [1.54, 1.807) is 43.4 Å². The number of nitrogens with two attached hydrogens (primary N) is 1. The molecule has 0 unspecified atom stereocenters. The number of amides is 1. The second-order valence-electron chi connectivity index (χ2n) is 9.82. The van der Waals surface area contributed by atoms with Crippen molar-refractivity contribution in [2.45, 2.75) is 43.8 Å². The fourth-order valence-electron chi connectivity index (χ4n) is 3.49. The zero-order chi connectivity index (χ0) is 30.9. The minimum Gasteiger partial charge on any atom is -0.481 e. The van der Waals surface area contributed by atoms with Crippen LogP contribution >= 0.6 is 22.6 Å². The van der Waals surface area contributed by atoms with Crippen molar-refractivity contribution in [1.29, 1.82) is 0 Å². The van der Waals surface area contributed by atoms with Crippen molar-refractivity contribution < 1.29 is 45.4 Å². The van der Waals surface area contributed by atoms with Gasteiger partial charge in [-0.25, -0.2) is 12.8 Å². The number of alkyl halides is 3. The third kappa shape index (κ3) is 8.22. The minimum atomic E-state index is -4.76. The smallest absolute Gasteiger partial charge is 0.416 e. The van der Waals surface area contributed by atoms with Crippen LogP contribution in [0, 0.1) is 9.39 Å². The molecule has 220 valence electrons. The standard InChI is InChI=1S/C26H24F4IN3O6S/c1-25(2,3)33-24(37)13-4-6-20(40-21-12-16(27)14(8-17(21)31)10-23(35)36)19(9-13)34-41(38,39)22-7-5-15(11-18(22)32)26(28,29)30/h4-9,11-12,34H,10,32H2,1-3H3,(H,33,37)(H,35,36). The summed E-state index contributed by atoms with van der Waals surface area (Å²) in [6, 6.07) is 7.59. The largest absolute Gasteiger partial charge is 0.481 e. The lowest BCUT2D eigenvalue weighted by molar-refractivity contribution is -0.138. The van der Waals surface area contributed by atoms with Crippen LogP contribution in [0.4, 0.5) is 28.9 Å². The summed E-state index contributed by atoms with van der Waals surface area (Å²) < 4.78 is 88.4. The van der Waals surface area contributed by atoms with E-state index in [1.165, 1.54) is 18.2 Å². The van der Waals surface area contributed by atoms with E-state index in [2.05, 4.69) is 10.0 Å². The third-order valence-corrected chi connectivity index (χ3v) is 7.55. The molecule has 0 aliphatic carbocycles. The van der Waals surface area contributed by atoms with E-state index in [-0.39, 0.29) is 31.9 Å². The first kappa shape index (κ1) is 31.9. The Balaban J connectivity index is 2.08. The Morgan fingerprint density at radius 3 is 2.24 bits per heavy atom. The van der Waals surface area contributed by atoms with E-state index < -0.39 is 62.0 Å². The highest BCUT2D eigenvalue weighted by molar-refractivity contribution is 14.1. The van der Waals surface area contributed by atoms with E-state index in [1.807, 2.05) is 0 Å². The number of carbonyl (C=O) groups is 2. The van der Waals surface area contributed by atoms with Crippen molar-refractivity contribution >= 4 is 55.9 Å². The molecule has 9 nitrogen and oxygen atoms in total. The number of sulfonamides is 1. The Morgan fingerprint density at radius 1 is 1.02 bits per heavy atom. The number of halogens is 5. The summed E-state index contributed by atoms with van der Waals surface area (Å²) in [6.45, 7) is 5.18. The van der Waals surface area contributed by atoms with Gasteiger partial charge in [-0.1, -0.05) is 0 Å². The molecule has 0 heterocycles. The Labute approximate surface area is 246 Å². The molecule has 41 heavy (non-hydrogen) atoms. The van der Waals surface area contributed by atoms with Gasteiger partial charge in [-0.15, -0.1) is 0 Å². The van der Waals surface area contributed by atoms with Crippen LogP contribution in [0.25, 0.3) is 0 Å². The maximum atomic E-state index is 14.6. The van der Waals surface area contributed by atoms with Crippen molar-refractivity contribution in [3.05, 3.63) is 74.6 Å². The predicted octanol–water partition coefficient (Wildman–Crippen LogP) is 5.78. The van der Waals surface area contributed by atoms with Crippen molar-refractivity contribution in [2.75, 3.05) is 10.5 Å². The number of anilines is 2. The van der Waals surface area contributed by atoms with E-state index >= 15 is 0 Å². The van der Waals surface area contributed by atoms with Crippen LogP contribution in [-0.4, -0.2) is 30.9 Å². The molecule has 0 radical (unpaired) electrons. The highest BCUT2D eigenvalue weighted by Gasteiger charge is 2.32. The second-order valence-corrected chi connectivity index (χ2v) is 12.6. The van der Waals surface area contributed by atoms with Gasteiger partial charge in [0.25, 0.3) is 15.9 Å². The van der Waals surface area contributed by atoms with Crippen molar-refractivity contribution in [3.8, 4) is 11.5 Å². The predicted molar refractivity (Wildman–Crippen MR) is 151 cm³/mol. The number of carbonyl (C=O) groups excluding carboxylic acids is 1. The molecule has 3 rings (SSSR count). The van der Waals surface area contributed by atoms with Gasteiger partial charge in [0.2, 0.25) is 0 Å². The molecule has 0 saturated carbocycles. The fourth-order valence-corrected chi connectivity index (χ4v) is 5.30. The summed E-state index contributed by atoms with van der Waals surface area (Å²) in [7, 11) is -4.63. The molecule has 0 bridgehead atoms. The van der Waals surface area contributed by atoms with E-state index in [0.717, 1.165) is 12.1 Å². The van der Waals surface area contributed by atoms with Gasteiger partial charge in [-0.05, 0) is 85.8 Å². The number of carboxylic acids is 1. The molecule has 3 aromatic rings. The first-order valence-electron chi connectivity index (χ1n) is 11.6. The van der Waals surface area contributed by atoms with E-state index in [4.69, 9.17) is 15.6 Å². The summed E-state index contributed by atoms with van der Waals surface area (Å²) >= 11 is 1.78. The fraction of sp³-hybridized carbons (Fsp3) is 0.231. The second kappa shape index (κ2) is 11.7. The lowest BCUT2D eigenvalue weighted by atomic mass is 10.1. The Hall–Kier alpha value is -3.60. The molecular weight excluding hydrogens is 685 g/mol. The van der Waals surface area contributed by atoms with Gasteiger partial charge in [0.1, 0.15) is 16.5 Å². The van der Waals surface area contributed by atoms with Gasteiger partial charge in [-0.3, -0.25) is 14.3 Å². The Kier molecular flexibility index (Phi) is 9.12. The van der Waals surface area contributed by atoms with Crippen molar-refractivity contribution in [1.82, 2.24) is 5.32 Å². The third-order valence-electron chi connectivity index (χ3n) is 5.26. The van der Waals surface area contributed by atoms with E-state index in [9.17, 15) is 35.6 Å². The Morgan fingerprint density at radius 2 is 1.68 bits per heavy atom. The average molecular weight is 709 g/mol. The molecule has 5 N–H and O–H groups in total. The average Bonchev–Trinajstić information content (AvgIpc) is 2.80. The molecule has 0 aromatic heterocycles. The normalized spacial score (nSPS) is 12.1. The summed E-state index contributed by atoms with van der Waals surface area (Å²) in [5.41, 5.74) is 2.76. The lowest BCUT2D eigenvalue weighted by Crippen LogP contribution is -2.40. The summed E-state index contributed by atoms with van der Waals surface area (Å²) in [5.74, 6) is -3.01. The Bertz CT molecular complexity index is 1620. The highest BCUT2D eigenvalue weighted by Crippen LogP contribution is 2.37. The number of hydrogen-bond acceptors (Lipinski definition) is 6. The van der Waals surface area contributed by atoms with Gasteiger partial charge in [0, 0.05) is 22.7 Å². The first-order chi connectivity index (χ1) is 18.8. The summed E-state index contributed by atoms with van der Waals surface area (Å²) in [6.07, 6.45) is -5.34. The van der Waals surface area contributed by atoms with Crippen LogP contribution in [-0.2, 0) is 27.4 Å². The van der Waals surface area contributed by atoms with Crippen LogP contribution in [0.5, 0.6) is 11.5 Å². The first-order valence-corrected chi connectivity index (χ1v) is 14.2. The molecule has 0 atom stereocenters. The zero-order valence-corrected chi connectivity index (χ0v) is 24.7. The number of aliphatic carboxylic acids is 1. The van der Waals surface area contributed by atoms with Gasteiger partial charge < -0.3 is 20.9 Å². The highest BCUT2D eigenvalue weighted by atomic mass is 127. The van der Waals surface area contributed by atoms with Crippen LogP contribution in [0.3, 0.4) is 0 Å². The molecular formula is C26H24F4IN3O6S. The maximum absolute atomic E-state index is 14.6. The molecule has 3 aromatic carbocycles. The summed E-state index contributed by atoms with van der Waals surface area (Å²) in [4.78, 5) is 23.1. The maximum Gasteiger partial charge on any atom is 0.416 e. The molecule has 0 fully saturated rings. The number of nitrogens with one attached hydrogen (secondary N) is 2. The van der Waals surface area contributed by atoms with Gasteiger partial charge in [-0.2, -0.15) is 13.2 Å². The van der Waals surface area contributed by atoms with Gasteiger partial charge >= 0.3 is 12.1 Å². The lowest BCUT2D eigenvalue weighted by Gasteiger charge is -2.21. The topological polar surface area (TPSA) is 148 Å². The number of benzene rings is 3. The number of carboxylic acid groups (broad SMARTS) is 1. The SMILES string of the molecule is CC(C)(C)NC(=O)c1ccc(Oc2cc(F)c(CC(=O)O)cc2I)c(NS(=O)(=O)c2ccc(C(F)(F)F)cc2N)c1. The number of nitrogen functional groups attached to an aromatic ring is 1. The molecule has 0 aliphatic heterocycles. The minimum absolute atomic E-state index is 0.00282. The van der Waals surface area contributed by atoms with Crippen LogP contribution in [0.15, 0.2) is 53.4 Å². The van der Waals surface area contributed by atoms with E-state index in [0.29, 0.717) is 18.2 Å². The zero-order valence-electron chi connectivity index (χ0n) is 21.7. The summed E-state index contributed by atoms with van der Waals surface area (Å²) in [5, 5.41) is 11.7. The van der Waals surface area contributed by atoms with Gasteiger partial charge in [0.15, 0.2) is 5.75 Å². The molecule has 0 spiro atoms. The number of ether oxygens (including phenoxy) is 1. The quantitative estimate of drug-likeness (QED) is 0.132. The monoisotopic (exact) mass is 709 g/mol. The molecule has 0 saturated heterocycles. The molecule has 0 aliphatic rings.